The van der Waals surface area contributed by atoms with Crippen LogP contribution in [-0.4, -0.2) is 102 Å². The van der Waals surface area contributed by atoms with Crippen molar-refractivity contribution in [1.29, 1.82) is 0 Å². The van der Waals surface area contributed by atoms with Crippen LogP contribution in [-0.2, 0) is 33.9 Å². The zero-order chi connectivity index (χ0) is 38.2. The van der Waals surface area contributed by atoms with Gasteiger partial charge in [0, 0.05) is 23.9 Å². The lowest BCUT2D eigenvalue weighted by Gasteiger charge is -2.32. The van der Waals surface area contributed by atoms with E-state index < -0.39 is 86.2 Å². The second-order valence-corrected chi connectivity index (χ2v) is 16.1. The van der Waals surface area contributed by atoms with Crippen molar-refractivity contribution in [3.8, 4) is 11.6 Å². The fraction of sp³-hybridized carbons (Fsp3) is 0.486. The van der Waals surface area contributed by atoms with Crippen LogP contribution in [0.25, 0.3) is 10.8 Å². The second kappa shape index (κ2) is 14.5. The van der Waals surface area contributed by atoms with Crippen LogP contribution in [0.2, 0.25) is 0 Å². The quantitative estimate of drug-likeness (QED) is 0.159. The molecule has 5 N–H and O–H groups in total. The molecule has 1 saturated heterocycles. The molecule has 5 rings (SSSR count). The van der Waals surface area contributed by atoms with Gasteiger partial charge in [-0.1, -0.05) is 12.7 Å². The summed E-state index contributed by atoms with van der Waals surface area (Å²) in [4.78, 5) is 73.0. The van der Waals surface area contributed by atoms with Crippen LogP contribution in [0.5, 0.6) is 11.6 Å². The predicted molar refractivity (Wildman–Crippen MR) is 188 cm³/mol. The first-order chi connectivity index (χ1) is 24.4. The number of pyridine rings is 1. The number of nitrogens with two attached hydrogens (primary N) is 1. The highest BCUT2D eigenvalue weighted by Gasteiger charge is 2.62. The normalized spacial score (nSPS) is 23.8. The third-order valence-corrected chi connectivity index (χ3v) is 11.0. The number of aromatic nitrogens is 1. The highest BCUT2D eigenvalue weighted by molar-refractivity contribution is 7.91. The molecule has 1 aromatic heterocycles. The molecule has 3 aliphatic rings. The summed E-state index contributed by atoms with van der Waals surface area (Å²) in [5.41, 5.74) is 3.57. The number of ether oxygens (including phenoxy) is 3. The van der Waals surface area contributed by atoms with Crippen molar-refractivity contribution in [2.24, 2.45) is 11.7 Å². The fourth-order valence-electron chi connectivity index (χ4n) is 6.12. The molecule has 6 unspecified atom stereocenters. The van der Waals surface area contributed by atoms with E-state index in [-0.39, 0.29) is 25.3 Å². The van der Waals surface area contributed by atoms with Crippen molar-refractivity contribution in [3.63, 3.8) is 0 Å². The van der Waals surface area contributed by atoms with Crippen LogP contribution in [0.1, 0.15) is 46.5 Å². The fourth-order valence-corrected chi connectivity index (χ4v) is 7.48. The number of carbonyl (C=O) groups is 5. The standard InChI is InChI=1S/C35H44N6O10S/c1-7-20-17-35(20,32(45)40-52(47,48)23-10-11-23)39-29(43)25-16-22(50-30-24-12-9-21(49-6)15-19(24)13-14-37-30)18-41(25)31(44)28(27(36)26(42)8-2)38-33(46)51-34(3,4)5/h7-9,12-15,20,22-23,25,27-28H,1-2,10-11,16-18,36H2,3-6H3,(H,38,46)(H,39,43)(H,40,45). The van der Waals surface area contributed by atoms with E-state index in [2.05, 4.69) is 33.5 Å². The number of nitrogens with zero attached hydrogens (tertiary/aromatic N) is 2. The summed E-state index contributed by atoms with van der Waals surface area (Å²) in [5, 5.41) is 5.74. The molecule has 4 amide bonds. The number of ketones is 1. The third kappa shape index (κ3) is 8.20. The van der Waals surface area contributed by atoms with E-state index in [1.165, 1.54) is 19.4 Å². The first-order valence-corrected chi connectivity index (χ1v) is 18.3. The van der Waals surface area contributed by atoms with E-state index in [4.69, 9.17) is 19.9 Å². The monoisotopic (exact) mass is 740 g/mol. The molecular weight excluding hydrogens is 696 g/mol. The number of amides is 4. The first-order valence-electron chi connectivity index (χ1n) is 16.7. The van der Waals surface area contributed by atoms with Crippen LogP contribution in [0.4, 0.5) is 4.79 Å². The van der Waals surface area contributed by atoms with E-state index in [1.54, 1.807) is 45.0 Å². The van der Waals surface area contributed by atoms with Gasteiger partial charge < -0.3 is 35.5 Å². The number of alkyl carbamates (subject to hydrolysis) is 1. The lowest BCUT2D eigenvalue weighted by molar-refractivity contribution is -0.142. The number of nitrogens with one attached hydrogen (secondary N) is 3. The number of sulfonamides is 1. The molecular formula is C35H44N6O10S. The van der Waals surface area contributed by atoms with Crippen molar-refractivity contribution in [1.82, 2.24) is 25.2 Å². The molecule has 0 radical (unpaired) electrons. The summed E-state index contributed by atoms with van der Waals surface area (Å²) in [5.74, 6) is -3.19. The molecule has 52 heavy (non-hydrogen) atoms. The Bertz CT molecular complexity index is 1910. The van der Waals surface area contributed by atoms with E-state index >= 15 is 0 Å². The van der Waals surface area contributed by atoms with E-state index in [1.807, 2.05) is 0 Å². The molecule has 2 aromatic rings. The Kier molecular flexibility index (Phi) is 10.7. The SMILES string of the molecule is C=CC(=O)C(N)C(NC(=O)OC(C)(C)C)C(=O)N1CC(Oc2nccc3cc(OC)ccc23)CC1C(=O)NC1(C(=O)NS(=O)(=O)C2CC2)CC1C=C. The molecule has 1 aliphatic heterocycles. The minimum atomic E-state index is -3.95. The average molecular weight is 741 g/mol. The summed E-state index contributed by atoms with van der Waals surface area (Å²) < 4.78 is 44.3. The largest absolute Gasteiger partial charge is 0.497 e. The Hall–Kier alpha value is -5.03. The van der Waals surface area contributed by atoms with E-state index in [9.17, 15) is 32.4 Å². The Balaban J connectivity index is 1.47. The van der Waals surface area contributed by atoms with Gasteiger partial charge in [0.25, 0.3) is 5.91 Å². The minimum Gasteiger partial charge on any atom is -0.497 e. The lowest BCUT2D eigenvalue weighted by Crippen LogP contribution is -2.62. The summed E-state index contributed by atoms with van der Waals surface area (Å²) in [6.07, 6.45) is 2.76. The molecule has 2 aliphatic carbocycles. The summed E-state index contributed by atoms with van der Waals surface area (Å²) in [7, 11) is -2.42. The Morgan fingerprint density at radius 3 is 2.44 bits per heavy atom. The van der Waals surface area contributed by atoms with Gasteiger partial charge in [0.1, 0.15) is 35.1 Å². The van der Waals surface area contributed by atoms with Crippen LogP contribution < -0.4 is 30.6 Å². The van der Waals surface area contributed by atoms with Crippen molar-refractivity contribution in [2.75, 3.05) is 13.7 Å². The Morgan fingerprint density at radius 1 is 1.13 bits per heavy atom. The van der Waals surface area contributed by atoms with Crippen molar-refractivity contribution in [3.05, 3.63) is 55.8 Å². The van der Waals surface area contributed by atoms with Crippen molar-refractivity contribution < 1.29 is 46.6 Å². The number of fused-ring (bicyclic) bond motifs is 1. The van der Waals surface area contributed by atoms with Gasteiger partial charge in [0.15, 0.2) is 5.78 Å². The maximum absolute atomic E-state index is 14.4. The number of carbonyl (C=O) groups excluding carboxylic acids is 5. The molecule has 2 saturated carbocycles. The van der Waals surface area contributed by atoms with Crippen molar-refractivity contribution in [2.45, 2.75) is 87.1 Å². The van der Waals surface area contributed by atoms with Crippen LogP contribution >= 0.6 is 0 Å². The molecule has 0 bridgehead atoms. The maximum atomic E-state index is 14.4. The number of hydrogen-bond donors (Lipinski definition) is 4. The van der Waals surface area contributed by atoms with Gasteiger partial charge in [-0.15, -0.1) is 6.58 Å². The predicted octanol–water partition coefficient (Wildman–Crippen LogP) is 1.24. The van der Waals surface area contributed by atoms with Gasteiger partial charge in [-0.2, -0.15) is 0 Å². The third-order valence-electron chi connectivity index (χ3n) is 9.14. The molecule has 2 heterocycles. The van der Waals surface area contributed by atoms with Gasteiger partial charge in [0.2, 0.25) is 27.7 Å². The Labute approximate surface area is 301 Å². The first kappa shape index (κ1) is 38.2. The highest BCUT2D eigenvalue weighted by atomic mass is 32.2. The number of hydrogen-bond acceptors (Lipinski definition) is 12. The van der Waals surface area contributed by atoms with Gasteiger partial charge in [-0.25, -0.2) is 18.2 Å². The van der Waals surface area contributed by atoms with Crippen LogP contribution in [0, 0.1) is 5.92 Å². The smallest absolute Gasteiger partial charge is 0.408 e. The topological polar surface area (TPSA) is 225 Å². The summed E-state index contributed by atoms with van der Waals surface area (Å²) >= 11 is 0. The molecule has 17 heteroatoms. The zero-order valence-corrected chi connectivity index (χ0v) is 30.2. The molecule has 280 valence electrons. The molecule has 1 aromatic carbocycles. The maximum Gasteiger partial charge on any atom is 0.408 e. The Morgan fingerprint density at radius 2 is 1.85 bits per heavy atom. The van der Waals surface area contributed by atoms with Crippen LogP contribution in [0.3, 0.4) is 0 Å². The van der Waals surface area contributed by atoms with Gasteiger partial charge in [0.05, 0.1) is 24.9 Å². The molecule has 3 fully saturated rings. The molecule has 0 spiro atoms. The van der Waals surface area contributed by atoms with Gasteiger partial charge in [-0.05, 0) is 75.8 Å². The van der Waals surface area contributed by atoms with E-state index in [0.29, 0.717) is 24.0 Å². The average Bonchev–Trinajstić information content (AvgIpc) is 4.02. The second-order valence-electron chi connectivity index (χ2n) is 14.1. The summed E-state index contributed by atoms with van der Waals surface area (Å²) in [6, 6.07) is 2.36. The number of likely N-dealkylation sites (tertiary alicyclic amines) is 1. The molecule has 16 nitrogen and oxygen atoms in total. The van der Waals surface area contributed by atoms with Crippen LogP contribution in [0.15, 0.2) is 55.8 Å². The lowest BCUT2D eigenvalue weighted by atomic mass is 10.0. The van der Waals surface area contributed by atoms with Gasteiger partial charge >= 0.3 is 6.09 Å². The zero-order valence-electron chi connectivity index (χ0n) is 29.4. The van der Waals surface area contributed by atoms with E-state index in [0.717, 1.165) is 16.4 Å². The summed E-state index contributed by atoms with van der Waals surface area (Å²) in [6.45, 7) is 11.7. The number of benzene rings is 1. The van der Waals surface area contributed by atoms with Crippen molar-refractivity contribution >= 4 is 50.4 Å². The highest BCUT2D eigenvalue weighted by Crippen LogP contribution is 2.45. The van der Waals surface area contributed by atoms with Gasteiger partial charge in [-0.3, -0.25) is 23.9 Å². The minimum absolute atomic E-state index is 0.0692. The number of rotatable bonds is 14. The number of methoxy groups -OCH3 is 1. The molecule has 6 atom stereocenters.